The summed E-state index contributed by atoms with van der Waals surface area (Å²) >= 11 is 0. The van der Waals surface area contributed by atoms with E-state index >= 15 is 0 Å². The third-order valence-corrected chi connectivity index (χ3v) is 6.23. The lowest BCUT2D eigenvalue weighted by molar-refractivity contribution is -0.134. The van der Waals surface area contributed by atoms with E-state index in [-0.39, 0.29) is 35.7 Å². The fourth-order valence-corrected chi connectivity index (χ4v) is 3.79. The van der Waals surface area contributed by atoms with Crippen molar-refractivity contribution in [3.63, 3.8) is 0 Å². The lowest BCUT2D eigenvalue weighted by Gasteiger charge is -2.32. The smallest absolute Gasteiger partial charge is 0.491 e. The van der Waals surface area contributed by atoms with Gasteiger partial charge in [0.2, 0.25) is 5.91 Å². The number of likely N-dealkylation sites (tertiary alicyclic amines) is 1. The van der Waals surface area contributed by atoms with Crippen LogP contribution in [0.1, 0.15) is 67.7 Å². The van der Waals surface area contributed by atoms with Crippen LogP contribution in [0.3, 0.4) is 0 Å². The Morgan fingerprint density at radius 2 is 1.72 bits per heavy atom. The van der Waals surface area contributed by atoms with Crippen molar-refractivity contribution in [2.45, 2.75) is 85.0 Å². The molecule has 2 aliphatic heterocycles. The summed E-state index contributed by atoms with van der Waals surface area (Å²) in [5, 5.41) is 0. The largest absolute Gasteiger partial charge is 0.494 e. The van der Waals surface area contributed by atoms with Gasteiger partial charge in [-0.25, -0.2) is 0 Å². The molecule has 0 radical (unpaired) electrons. The van der Waals surface area contributed by atoms with Crippen LogP contribution in [0.4, 0.5) is 0 Å². The molecule has 0 aliphatic carbocycles. The first-order chi connectivity index (χ1) is 13.4. The summed E-state index contributed by atoms with van der Waals surface area (Å²) in [4.78, 5) is 14.6. The van der Waals surface area contributed by atoms with Crippen molar-refractivity contribution in [2.24, 2.45) is 5.41 Å². The number of benzene rings is 1. The van der Waals surface area contributed by atoms with Crippen LogP contribution in [-0.4, -0.2) is 48.3 Å². The number of hydrogen-bond donors (Lipinski definition) is 0. The summed E-state index contributed by atoms with van der Waals surface area (Å²) in [6, 6.07) is 8.06. The molecule has 2 fully saturated rings. The number of nitrogens with zero attached hydrogens (tertiary/aromatic N) is 1. The molecule has 1 atom stereocenters. The van der Waals surface area contributed by atoms with Gasteiger partial charge < -0.3 is 18.9 Å². The highest BCUT2D eigenvalue weighted by Gasteiger charge is 2.51. The first kappa shape index (κ1) is 22.2. The molecule has 6 heteroatoms. The van der Waals surface area contributed by atoms with Crippen LogP contribution < -0.4 is 10.2 Å². The van der Waals surface area contributed by atoms with E-state index < -0.39 is 0 Å². The normalized spacial score (nSPS) is 23.5. The maximum absolute atomic E-state index is 12.6. The third-order valence-electron chi connectivity index (χ3n) is 6.23. The second-order valence-corrected chi connectivity index (χ2v) is 10.6. The summed E-state index contributed by atoms with van der Waals surface area (Å²) in [7, 11) is -0.366. The van der Waals surface area contributed by atoms with E-state index in [1.807, 2.05) is 29.2 Å². The Labute approximate surface area is 176 Å². The molecule has 5 nitrogen and oxygen atoms in total. The fourth-order valence-electron chi connectivity index (χ4n) is 3.79. The number of carbonyl (C=O) groups is 1. The van der Waals surface area contributed by atoms with E-state index in [1.54, 1.807) is 0 Å². The van der Waals surface area contributed by atoms with Crippen LogP contribution in [0.2, 0.25) is 0 Å². The average molecular weight is 401 g/mol. The summed E-state index contributed by atoms with van der Waals surface area (Å²) in [5.41, 5.74) is 0.296. The molecule has 1 amide bonds. The Hall–Kier alpha value is -1.53. The molecule has 0 aromatic heterocycles. The Bertz CT molecular complexity index is 707. The fraction of sp³-hybridized carbons (Fsp3) is 0.696. The van der Waals surface area contributed by atoms with Gasteiger partial charge in [-0.2, -0.15) is 0 Å². The highest BCUT2D eigenvalue weighted by Crippen LogP contribution is 2.36. The molecule has 1 aromatic carbocycles. The van der Waals surface area contributed by atoms with Gasteiger partial charge in [0.25, 0.3) is 0 Å². The zero-order valence-electron chi connectivity index (χ0n) is 19.1. The number of rotatable bonds is 5. The maximum atomic E-state index is 12.6. The molecule has 29 heavy (non-hydrogen) atoms. The summed E-state index contributed by atoms with van der Waals surface area (Å²) in [5.74, 6) is 1.04. The van der Waals surface area contributed by atoms with E-state index in [4.69, 9.17) is 14.0 Å². The van der Waals surface area contributed by atoms with E-state index in [0.717, 1.165) is 30.6 Å². The van der Waals surface area contributed by atoms with Crippen molar-refractivity contribution >= 4 is 18.5 Å². The summed E-state index contributed by atoms with van der Waals surface area (Å²) in [6.45, 7) is 15.9. The zero-order chi connectivity index (χ0) is 21.4. The highest BCUT2D eigenvalue weighted by molar-refractivity contribution is 6.62. The van der Waals surface area contributed by atoms with Crippen LogP contribution in [0, 0.1) is 5.41 Å². The van der Waals surface area contributed by atoms with Gasteiger partial charge in [0.05, 0.1) is 17.2 Å². The van der Waals surface area contributed by atoms with Crippen molar-refractivity contribution < 1.29 is 18.8 Å². The Kier molecular flexibility index (Phi) is 6.08. The van der Waals surface area contributed by atoms with Gasteiger partial charge in [-0.15, -0.1) is 0 Å². The van der Waals surface area contributed by atoms with Crippen LogP contribution in [0.15, 0.2) is 24.3 Å². The molecule has 0 N–H and O–H groups in total. The minimum Gasteiger partial charge on any atom is -0.491 e. The molecular formula is C23H36BNO4. The predicted molar refractivity (Wildman–Crippen MR) is 116 cm³/mol. The SMILES string of the molecule is CC(C)(C)CC(=O)N1CCCC1COc1ccc(B2OC(C)(C)C(C)(C)O2)cc1. The molecular weight excluding hydrogens is 365 g/mol. The summed E-state index contributed by atoms with van der Waals surface area (Å²) in [6.07, 6.45) is 2.62. The van der Waals surface area contributed by atoms with Gasteiger partial charge in [-0.05, 0) is 63.5 Å². The second-order valence-electron chi connectivity index (χ2n) is 10.6. The summed E-state index contributed by atoms with van der Waals surface area (Å²) < 4.78 is 18.2. The van der Waals surface area contributed by atoms with Gasteiger partial charge in [0, 0.05) is 13.0 Å². The highest BCUT2D eigenvalue weighted by atomic mass is 16.7. The molecule has 0 saturated carbocycles. The topological polar surface area (TPSA) is 48.0 Å². The minimum absolute atomic E-state index is 0.00836. The molecule has 160 valence electrons. The molecule has 0 bridgehead atoms. The van der Waals surface area contributed by atoms with E-state index in [2.05, 4.69) is 48.5 Å². The van der Waals surface area contributed by atoms with E-state index in [0.29, 0.717) is 13.0 Å². The quantitative estimate of drug-likeness (QED) is 0.705. The number of carbonyl (C=O) groups excluding carboxylic acids is 1. The first-order valence-corrected chi connectivity index (χ1v) is 10.8. The number of ether oxygens (including phenoxy) is 1. The van der Waals surface area contributed by atoms with Crippen molar-refractivity contribution in [2.75, 3.05) is 13.2 Å². The van der Waals surface area contributed by atoms with Gasteiger partial charge in [-0.1, -0.05) is 32.9 Å². The van der Waals surface area contributed by atoms with Crippen molar-refractivity contribution in [3.8, 4) is 5.75 Å². The lowest BCUT2D eigenvalue weighted by Crippen LogP contribution is -2.41. The second kappa shape index (κ2) is 7.95. The van der Waals surface area contributed by atoms with Gasteiger partial charge in [0.15, 0.2) is 0 Å². The van der Waals surface area contributed by atoms with Crippen molar-refractivity contribution in [1.29, 1.82) is 0 Å². The molecule has 1 aromatic rings. The number of amides is 1. The molecule has 0 spiro atoms. The zero-order valence-corrected chi connectivity index (χ0v) is 19.1. The number of hydrogen-bond acceptors (Lipinski definition) is 4. The van der Waals surface area contributed by atoms with E-state index in [9.17, 15) is 4.79 Å². The maximum Gasteiger partial charge on any atom is 0.494 e. The third kappa shape index (κ3) is 5.15. The van der Waals surface area contributed by atoms with Crippen molar-refractivity contribution in [1.82, 2.24) is 4.90 Å². The van der Waals surface area contributed by atoms with Gasteiger partial charge >= 0.3 is 7.12 Å². The molecule has 2 saturated heterocycles. The Balaban J connectivity index is 1.56. The van der Waals surface area contributed by atoms with Gasteiger partial charge in [-0.3, -0.25) is 4.79 Å². The molecule has 2 heterocycles. The van der Waals surface area contributed by atoms with Crippen LogP contribution in [0.25, 0.3) is 0 Å². The standard InChI is InChI=1S/C23H36BNO4/c1-21(2,3)15-20(26)25-14-8-9-18(25)16-27-19-12-10-17(11-13-19)24-28-22(4,5)23(6,7)29-24/h10-13,18H,8-9,14-16H2,1-7H3. The monoisotopic (exact) mass is 401 g/mol. The van der Waals surface area contributed by atoms with Gasteiger partial charge in [0.1, 0.15) is 12.4 Å². The molecule has 3 rings (SSSR count). The molecule has 1 unspecified atom stereocenters. The van der Waals surface area contributed by atoms with Crippen LogP contribution >= 0.6 is 0 Å². The molecule has 2 aliphatic rings. The van der Waals surface area contributed by atoms with Crippen molar-refractivity contribution in [3.05, 3.63) is 24.3 Å². The van der Waals surface area contributed by atoms with E-state index in [1.165, 1.54) is 0 Å². The predicted octanol–water partition coefficient (Wildman–Crippen LogP) is 3.79. The Morgan fingerprint density at radius 3 is 2.28 bits per heavy atom. The lowest BCUT2D eigenvalue weighted by atomic mass is 9.79. The first-order valence-electron chi connectivity index (χ1n) is 10.8. The van der Waals surface area contributed by atoms with Crippen LogP contribution in [-0.2, 0) is 14.1 Å². The van der Waals surface area contributed by atoms with Crippen LogP contribution in [0.5, 0.6) is 5.75 Å². The minimum atomic E-state index is -0.366. The Morgan fingerprint density at radius 1 is 1.14 bits per heavy atom. The average Bonchev–Trinajstić information content (AvgIpc) is 3.14.